The maximum absolute atomic E-state index is 12.2. The summed E-state index contributed by atoms with van der Waals surface area (Å²) < 4.78 is 51.7. The van der Waals surface area contributed by atoms with Crippen molar-refractivity contribution in [2.24, 2.45) is 0 Å². The number of nitrogens with zero attached hydrogens (tertiary/aromatic N) is 1. The van der Waals surface area contributed by atoms with Crippen LogP contribution >= 0.6 is 36.1 Å². The van der Waals surface area contributed by atoms with Crippen LogP contribution in [0.5, 0.6) is 0 Å². The molecule has 1 aromatic rings. The Labute approximate surface area is 212 Å². The quantitative estimate of drug-likeness (QED) is 0.0790. The number of phosphoric acid groups is 3. The number of hydrogen-bond donors (Lipinski definition) is 8. The molecule has 1 aliphatic rings. The Morgan fingerprint density at radius 1 is 1.22 bits per heavy atom. The van der Waals surface area contributed by atoms with Gasteiger partial charge in [-0.1, -0.05) is 11.8 Å². The topological polar surface area (TPSA) is 273 Å². The third-order valence-electron chi connectivity index (χ3n) is 4.24. The Bertz CT molecular complexity index is 1310. The van der Waals surface area contributed by atoms with Crippen molar-refractivity contribution in [3.05, 3.63) is 32.6 Å². The monoisotopic (exact) mass is 609 g/mol. The first-order chi connectivity index (χ1) is 17.0. The van der Waals surface area contributed by atoms with Crippen LogP contribution in [0.1, 0.15) is 24.6 Å². The van der Waals surface area contributed by atoms with Crippen molar-refractivity contribution in [2.75, 3.05) is 18.9 Å². The van der Waals surface area contributed by atoms with E-state index in [1.54, 1.807) is 0 Å². The molecule has 37 heavy (non-hydrogen) atoms. The lowest BCUT2D eigenvalue weighted by Gasteiger charge is -2.19. The van der Waals surface area contributed by atoms with E-state index in [1.165, 1.54) is 0 Å². The number of nitrogens with one attached hydrogen (secondary N) is 2. The zero-order chi connectivity index (χ0) is 28.0. The van der Waals surface area contributed by atoms with Crippen molar-refractivity contribution in [1.82, 2.24) is 14.9 Å². The minimum absolute atomic E-state index is 0.0908. The fourth-order valence-electron chi connectivity index (χ4n) is 2.77. The fourth-order valence-corrected chi connectivity index (χ4v) is 6.00. The molecule has 1 aliphatic heterocycles. The summed E-state index contributed by atoms with van der Waals surface area (Å²) in [6.07, 6.45) is -3.10. The minimum Gasteiger partial charge on any atom is -0.390 e. The summed E-state index contributed by atoms with van der Waals surface area (Å²) in [5.41, 5.74) is -1.96. The number of thiol groups is 1. The molecule has 0 bridgehead atoms. The molecule has 1 amide bonds. The SMILES string of the molecule is O=C(CCS)NCC#Cc1cn([C@@H]2C[C@H](O)[C@@H](COP(=O)(O)OP(=O)(O)OP(=O)(O)O)O2)c(=O)[nH]c1=O. The van der Waals surface area contributed by atoms with E-state index in [4.69, 9.17) is 19.4 Å². The van der Waals surface area contributed by atoms with Crippen molar-refractivity contribution in [3.63, 3.8) is 0 Å². The molecule has 1 aromatic heterocycles. The maximum atomic E-state index is 12.2. The number of hydrogen-bond acceptors (Lipinski definition) is 12. The molecule has 0 saturated carbocycles. The summed E-state index contributed by atoms with van der Waals surface area (Å²) in [6.45, 7) is -1.04. The number of amides is 1. The van der Waals surface area contributed by atoms with Crippen LogP contribution in [0, 0.1) is 11.8 Å². The zero-order valence-electron chi connectivity index (χ0n) is 18.4. The molecule has 1 saturated heterocycles. The highest BCUT2D eigenvalue weighted by Crippen LogP contribution is 2.66. The van der Waals surface area contributed by atoms with E-state index >= 15 is 0 Å². The molecular formula is C15H22N3O15P3S. The first kappa shape index (κ1) is 31.6. The van der Waals surface area contributed by atoms with Crippen molar-refractivity contribution in [1.29, 1.82) is 0 Å². The van der Waals surface area contributed by atoms with E-state index in [9.17, 15) is 38.1 Å². The Balaban J connectivity index is 2.07. The number of aliphatic hydroxyl groups is 1. The van der Waals surface area contributed by atoms with Crippen LogP contribution in [0.4, 0.5) is 0 Å². The van der Waals surface area contributed by atoms with Gasteiger partial charge in [0.1, 0.15) is 17.9 Å². The van der Waals surface area contributed by atoms with Gasteiger partial charge in [0, 0.05) is 19.0 Å². The van der Waals surface area contributed by atoms with E-state index in [1.807, 2.05) is 4.98 Å². The number of rotatable bonds is 11. The highest BCUT2D eigenvalue weighted by atomic mass is 32.1. The van der Waals surface area contributed by atoms with Gasteiger partial charge in [0.05, 0.1) is 19.3 Å². The lowest BCUT2D eigenvalue weighted by molar-refractivity contribution is -0.120. The molecule has 5 atom stereocenters. The van der Waals surface area contributed by atoms with E-state index in [0.717, 1.165) is 10.8 Å². The van der Waals surface area contributed by atoms with Crippen LogP contribution in [-0.2, 0) is 36.4 Å². The molecule has 0 aromatic carbocycles. The number of aromatic nitrogens is 2. The van der Waals surface area contributed by atoms with Gasteiger partial charge in [-0.3, -0.25) is 23.7 Å². The summed E-state index contributed by atoms with van der Waals surface area (Å²) in [7, 11) is -16.8. The number of carbonyl (C=O) groups excluding carboxylic acids is 1. The average Bonchev–Trinajstić information content (AvgIpc) is 3.09. The normalized spacial score (nSPS) is 22.9. The minimum atomic E-state index is -5.73. The largest absolute Gasteiger partial charge is 0.490 e. The average molecular weight is 609 g/mol. The van der Waals surface area contributed by atoms with Crippen LogP contribution in [0.15, 0.2) is 15.8 Å². The first-order valence-corrected chi connectivity index (χ1v) is 15.0. The zero-order valence-corrected chi connectivity index (χ0v) is 22.0. The molecule has 7 N–H and O–H groups in total. The lowest BCUT2D eigenvalue weighted by atomic mass is 10.2. The molecule has 0 spiro atoms. The van der Waals surface area contributed by atoms with Gasteiger partial charge in [-0.2, -0.15) is 21.3 Å². The predicted molar refractivity (Wildman–Crippen MR) is 124 cm³/mol. The number of carbonyl (C=O) groups is 1. The molecular weight excluding hydrogens is 587 g/mol. The molecule has 2 unspecified atom stereocenters. The second-order valence-corrected chi connectivity index (χ2v) is 11.9. The van der Waals surface area contributed by atoms with Crippen molar-refractivity contribution >= 4 is 42.0 Å². The number of H-pyrrole nitrogens is 1. The van der Waals surface area contributed by atoms with E-state index in [-0.39, 0.29) is 30.9 Å². The predicted octanol–water partition coefficient (Wildman–Crippen LogP) is -1.68. The summed E-state index contributed by atoms with van der Waals surface area (Å²) in [5.74, 6) is 5.03. The third kappa shape index (κ3) is 10.6. The molecule has 1 fully saturated rings. The Hall–Kier alpha value is -1.61. The van der Waals surface area contributed by atoms with Crippen molar-refractivity contribution in [2.45, 2.75) is 31.3 Å². The van der Waals surface area contributed by atoms with Gasteiger partial charge in [0.15, 0.2) is 0 Å². The van der Waals surface area contributed by atoms with E-state index in [2.05, 4.69) is 42.9 Å². The summed E-state index contributed by atoms with van der Waals surface area (Å²) in [6, 6.07) is 0. The van der Waals surface area contributed by atoms with Crippen LogP contribution in [-0.4, -0.2) is 71.3 Å². The van der Waals surface area contributed by atoms with Crippen LogP contribution in [0.2, 0.25) is 0 Å². The van der Waals surface area contributed by atoms with Gasteiger partial charge in [0.25, 0.3) is 5.56 Å². The van der Waals surface area contributed by atoms with Gasteiger partial charge < -0.3 is 34.7 Å². The second kappa shape index (κ2) is 13.0. The Morgan fingerprint density at radius 3 is 2.51 bits per heavy atom. The van der Waals surface area contributed by atoms with Gasteiger partial charge in [0.2, 0.25) is 5.91 Å². The van der Waals surface area contributed by atoms with Crippen LogP contribution in [0.3, 0.4) is 0 Å². The highest BCUT2D eigenvalue weighted by molar-refractivity contribution is 7.80. The number of phosphoric ester groups is 1. The summed E-state index contributed by atoms with van der Waals surface area (Å²) in [4.78, 5) is 73.4. The molecule has 0 radical (unpaired) electrons. The molecule has 18 nitrogen and oxygen atoms in total. The van der Waals surface area contributed by atoms with E-state index in [0.29, 0.717) is 5.75 Å². The van der Waals surface area contributed by atoms with Gasteiger partial charge in [-0.15, -0.1) is 0 Å². The standard InChI is InChI=1S/C15H22N3O15P3S/c19-10-6-13(31-11(10)8-30-35(26,27)33-36(28,29)32-34(23,24)25)18-7-9(14(21)17-15(18)22)2-1-4-16-12(20)3-5-37/h7,10-11,13,19,37H,3-6,8H2,(H,16,20)(H,26,27)(H,28,29)(H,17,21,22)(H2,23,24,25)/t10-,11+,13-/m0/s1. The Kier molecular flexibility index (Phi) is 11.1. The van der Waals surface area contributed by atoms with Crippen LogP contribution < -0.4 is 16.6 Å². The van der Waals surface area contributed by atoms with Gasteiger partial charge >= 0.3 is 29.2 Å². The third-order valence-corrected chi connectivity index (χ3v) is 8.26. The number of ether oxygens (including phenoxy) is 1. The fraction of sp³-hybridized carbons (Fsp3) is 0.533. The smallest absolute Gasteiger partial charge is 0.390 e. The molecule has 208 valence electrons. The van der Waals surface area contributed by atoms with Gasteiger partial charge in [-0.05, 0) is 5.75 Å². The number of aromatic amines is 1. The molecule has 22 heteroatoms. The molecule has 2 rings (SSSR count). The highest BCUT2D eigenvalue weighted by Gasteiger charge is 2.43. The van der Waals surface area contributed by atoms with Crippen molar-refractivity contribution < 1.29 is 61.1 Å². The molecule has 2 heterocycles. The first-order valence-electron chi connectivity index (χ1n) is 9.85. The van der Waals surface area contributed by atoms with Gasteiger partial charge in [-0.25, -0.2) is 18.5 Å². The van der Waals surface area contributed by atoms with Crippen molar-refractivity contribution in [3.8, 4) is 11.8 Å². The summed E-state index contributed by atoms with van der Waals surface area (Å²) in [5, 5.41) is 12.6. The van der Waals surface area contributed by atoms with E-state index < -0.39 is 59.8 Å². The van der Waals surface area contributed by atoms with Crippen LogP contribution in [0.25, 0.3) is 0 Å². The number of aliphatic hydroxyl groups excluding tert-OH is 1. The maximum Gasteiger partial charge on any atom is 0.490 e. The summed E-state index contributed by atoms with van der Waals surface area (Å²) >= 11 is 3.91. The molecule has 0 aliphatic carbocycles. The second-order valence-electron chi connectivity index (χ2n) is 7.08. The lowest BCUT2D eigenvalue weighted by Crippen LogP contribution is -2.34. The Morgan fingerprint density at radius 2 is 1.89 bits per heavy atom.